The first-order valence-corrected chi connectivity index (χ1v) is 11.1. The monoisotopic (exact) mass is 440 g/mol. The molecule has 170 valence electrons. The number of piperidine rings is 1. The van der Waals surface area contributed by atoms with E-state index in [9.17, 15) is 14.0 Å². The lowest BCUT2D eigenvalue weighted by molar-refractivity contribution is 0.0625. The van der Waals surface area contributed by atoms with Crippen molar-refractivity contribution in [3.05, 3.63) is 58.3 Å². The molecule has 0 bridgehead atoms. The summed E-state index contributed by atoms with van der Waals surface area (Å²) in [5, 5.41) is 4.28. The van der Waals surface area contributed by atoms with Gasteiger partial charge in [-0.15, -0.1) is 0 Å². The Bertz CT molecular complexity index is 1050. The van der Waals surface area contributed by atoms with Gasteiger partial charge in [0.1, 0.15) is 11.6 Å². The van der Waals surface area contributed by atoms with Crippen LogP contribution in [0.5, 0.6) is 0 Å². The van der Waals surface area contributed by atoms with Gasteiger partial charge in [-0.2, -0.15) is 5.10 Å². The number of aryl methyl sites for hydroxylation is 1. The maximum Gasteiger partial charge on any atom is 0.289 e. The largest absolute Gasteiger partial charge is 0.455 e. The second-order valence-electron chi connectivity index (χ2n) is 8.64. The van der Waals surface area contributed by atoms with Crippen molar-refractivity contribution in [2.24, 2.45) is 5.10 Å². The number of halogens is 1. The van der Waals surface area contributed by atoms with Crippen LogP contribution >= 0.6 is 0 Å². The van der Waals surface area contributed by atoms with Crippen LogP contribution in [0.3, 0.4) is 0 Å². The number of hydrazone groups is 1. The number of rotatable bonds is 4. The molecule has 7 nitrogen and oxygen atoms in total. The van der Waals surface area contributed by atoms with Crippen molar-refractivity contribution in [1.29, 1.82) is 0 Å². The first-order valence-electron chi connectivity index (χ1n) is 11.1. The summed E-state index contributed by atoms with van der Waals surface area (Å²) < 4.78 is 19.9. The first kappa shape index (κ1) is 22.2. The average molecular weight is 441 g/mol. The molecular weight excluding hydrogens is 411 g/mol. The minimum Gasteiger partial charge on any atom is -0.455 e. The minimum absolute atomic E-state index is 0.0626. The lowest BCUT2D eigenvalue weighted by atomic mass is 9.93. The normalized spacial score (nSPS) is 18.4. The third-order valence-corrected chi connectivity index (χ3v) is 6.49. The Morgan fingerprint density at radius 2 is 1.94 bits per heavy atom. The van der Waals surface area contributed by atoms with Crippen molar-refractivity contribution in [2.45, 2.75) is 45.1 Å². The number of amides is 2. The Labute approximate surface area is 187 Å². The molecular formula is C24H29FN4O3. The topological polar surface area (TPSA) is 78.2 Å². The fourth-order valence-electron chi connectivity index (χ4n) is 4.52. The standard InChI is InChI=1S/C24H29FN4O3/c1-15-21-19(26-27-23(30)17-7-4-5-8-18(17)25)9-6-10-20(21)32-22(15)24(31)29(3)16-11-13-28(2)14-12-16/h4-5,7-8,16H,6,9-14H2,1-3H3,(H,27,30)/b26-19+. The van der Waals surface area contributed by atoms with Crippen LogP contribution in [0.4, 0.5) is 4.39 Å². The molecule has 8 heteroatoms. The van der Waals surface area contributed by atoms with Gasteiger partial charge in [0.05, 0.1) is 11.3 Å². The number of benzene rings is 1. The lowest BCUT2D eigenvalue weighted by Crippen LogP contribution is -2.44. The molecule has 1 aliphatic carbocycles. The maximum atomic E-state index is 13.9. The number of hydrogen-bond donors (Lipinski definition) is 1. The zero-order chi connectivity index (χ0) is 22.8. The fraction of sp³-hybridized carbons (Fsp3) is 0.458. The van der Waals surface area contributed by atoms with E-state index in [0.29, 0.717) is 30.1 Å². The summed E-state index contributed by atoms with van der Waals surface area (Å²) in [4.78, 5) is 29.6. The number of likely N-dealkylation sites (tertiary alicyclic amines) is 1. The highest BCUT2D eigenvalue weighted by Crippen LogP contribution is 2.31. The predicted octanol–water partition coefficient (Wildman–Crippen LogP) is 3.36. The van der Waals surface area contributed by atoms with Crippen molar-refractivity contribution in [3.63, 3.8) is 0 Å². The second kappa shape index (κ2) is 9.24. The summed E-state index contributed by atoms with van der Waals surface area (Å²) in [6.45, 7) is 3.79. The molecule has 2 aliphatic rings. The Morgan fingerprint density at radius 3 is 2.66 bits per heavy atom. The molecule has 1 aromatic carbocycles. The number of carbonyl (C=O) groups excluding carboxylic acids is 2. The van der Waals surface area contributed by atoms with Gasteiger partial charge in [-0.3, -0.25) is 9.59 Å². The maximum absolute atomic E-state index is 13.9. The molecule has 1 aromatic heterocycles. The lowest BCUT2D eigenvalue weighted by Gasteiger charge is -2.34. The summed E-state index contributed by atoms with van der Waals surface area (Å²) in [7, 11) is 3.93. The zero-order valence-corrected chi connectivity index (χ0v) is 18.8. The number of furan rings is 1. The summed E-state index contributed by atoms with van der Waals surface area (Å²) in [6.07, 6.45) is 4.03. The molecule has 1 fully saturated rings. The van der Waals surface area contributed by atoms with Crippen LogP contribution in [-0.4, -0.2) is 60.6 Å². The molecule has 0 saturated carbocycles. The first-order chi connectivity index (χ1) is 15.4. The van der Waals surface area contributed by atoms with Gasteiger partial charge >= 0.3 is 0 Å². The SMILES string of the molecule is Cc1c(C(=O)N(C)C2CCN(C)CC2)oc2c1/C(=N/NC(=O)c1ccccc1F)CCC2. The van der Waals surface area contributed by atoms with E-state index in [1.807, 2.05) is 14.0 Å². The average Bonchev–Trinajstić information content (AvgIpc) is 3.14. The highest BCUT2D eigenvalue weighted by Gasteiger charge is 2.32. The molecule has 2 amide bonds. The quantitative estimate of drug-likeness (QED) is 0.740. The molecule has 0 spiro atoms. The molecule has 1 N–H and O–H groups in total. The summed E-state index contributed by atoms with van der Waals surface area (Å²) in [5.41, 5.74) is 4.57. The van der Waals surface area contributed by atoms with Crippen LogP contribution in [0.25, 0.3) is 0 Å². The van der Waals surface area contributed by atoms with Crippen LogP contribution in [0.15, 0.2) is 33.8 Å². The van der Waals surface area contributed by atoms with Gasteiger partial charge in [0, 0.05) is 30.6 Å². The van der Waals surface area contributed by atoms with Crippen molar-refractivity contribution in [1.82, 2.24) is 15.2 Å². The molecule has 1 saturated heterocycles. The van der Waals surface area contributed by atoms with E-state index in [2.05, 4.69) is 22.5 Å². The van der Waals surface area contributed by atoms with E-state index in [4.69, 9.17) is 4.42 Å². The van der Waals surface area contributed by atoms with E-state index >= 15 is 0 Å². The van der Waals surface area contributed by atoms with Gasteiger partial charge in [0.2, 0.25) is 0 Å². The molecule has 1 aliphatic heterocycles. The van der Waals surface area contributed by atoms with Gasteiger partial charge in [-0.25, -0.2) is 9.82 Å². The molecule has 4 rings (SSSR count). The second-order valence-corrected chi connectivity index (χ2v) is 8.64. The van der Waals surface area contributed by atoms with Gasteiger partial charge in [0.15, 0.2) is 5.76 Å². The fourth-order valence-corrected chi connectivity index (χ4v) is 4.52. The van der Waals surface area contributed by atoms with Crippen molar-refractivity contribution < 1.29 is 18.4 Å². The number of fused-ring (bicyclic) bond motifs is 1. The predicted molar refractivity (Wildman–Crippen MR) is 119 cm³/mol. The zero-order valence-electron chi connectivity index (χ0n) is 18.8. The van der Waals surface area contributed by atoms with Crippen LogP contribution in [0, 0.1) is 12.7 Å². The molecule has 2 heterocycles. The summed E-state index contributed by atoms with van der Waals surface area (Å²) in [5.74, 6) is -0.276. The Morgan fingerprint density at radius 1 is 1.22 bits per heavy atom. The van der Waals surface area contributed by atoms with E-state index in [1.54, 1.807) is 11.0 Å². The third-order valence-electron chi connectivity index (χ3n) is 6.49. The van der Waals surface area contributed by atoms with Gasteiger partial charge in [0.25, 0.3) is 11.8 Å². The summed E-state index contributed by atoms with van der Waals surface area (Å²) >= 11 is 0. The van der Waals surface area contributed by atoms with Crippen LogP contribution in [0.1, 0.15) is 63.5 Å². The van der Waals surface area contributed by atoms with Crippen LogP contribution < -0.4 is 5.43 Å². The van der Waals surface area contributed by atoms with Gasteiger partial charge in [-0.05, 0) is 64.9 Å². The molecule has 0 unspecified atom stereocenters. The Kier molecular flexibility index (Phi) is 6.41. The van der Waals surface area contributed by atoms with E-state index in [-0.39, 0.29) is 17.5 Å². The third kappa shape index (κ3) is 4.32. The molecule has 32 heavy (non-hydrogen) atoms. The van der Waals surface area contributed by atoms with Crippen molar-refractivity contribution in [3.8, 4) is 0 Å². The Hall–Kier alpha value is -3.00. The van der Waals surface area contributed by atoms with Crippen molar-refractivity contribution in [2.75, 3.05) is 27.2 Å². The van der Waals surface area contributed by atoms with Gasteiger partial charge < -0.3 is 14.2 Å². The van der Waals surface area contributed by atoms with Crippen LogP contribution in [-0.2, 0) is 6.42 Å². The minimum atomic E-state index is -0.609. The molecule has 0 atom stereocenters. The number of carbonyl (C=O) groups is 2. The van der Waals surface area contributed by atoms with Crippen molar-refractivity contribution >= 4 is 17.5 Å². The number of hydrogen-bond acceptors (Lipinski definition) is 5. The number of nitrogens with one attached hydrogen (secondary N) is 1. The molecule has 2 aromatic rings. The molecule has 0 radical (unpaired) electrons. The highest BCUT2D eigenvalue weighted by atomic mass is 19.1. The summed E-state index contributed by atoms with van der Waals surface area (Å²) in [6, 6.07) is 5.97. The van der Waals surface area contributed by atoms with E-state index < -0.39 is 11.7 Å². The highest BCUT2D eigenvalue weighted by molar-refractivity contribution is 6.07. The van der Waals surface area contributed by atoms with E-state index in [1.165, 1.54) is 18.2 Å². The van der Waals surface area contributed by atoms with Gasteiger partial charge in [-0.1, -0.05) is 12.1 Å². The van der Waals surface area contributed by atoms with Crippen LogP contribution in [0.2, 0.25) is 0 Å². The Balaban J connectivity index is 1.55. The smallest absolute Gasteiger partial charge is 0.289 e. The number of nitrogens with zero attached hydrogens (tertiary/aromatic N) is 3. The van der Waals surface area contributed by atoms with E-state index in [0.717, 1.165) is 43.5 Å².